The number of carbonyl (C=O) groups is 1. The van der Waals surface area contributed by atoms with Crippen molar-refractivity contribution < 1.29 is 14.8 Å². The van der Waals surface area contributed by atoms with E-state index in [9.17, 15) is 14.8 Å². The molecule has 0 aromatic heterocycles. The van der Waals surface area contributed by atoms with Gasteiger partial charge in [-0.3, -0.25) is 4.79 Å². The molecule has 1 aliphatic heterocycles. The van der Waals surface area contributed by atoms with Gasteiger partial charge in [-0.25, -0.2) is 0 Å². The summed E-state index contributed by atoms with van der Waals surface area (Å²) in [6.45, 7) is 5.16. The van der Waals surface area contributed by atoms with Crippen LogP contribution >= 0.6 is 7.79 Å². The molecule has 1 radical (unpaired) electrons. The molecule has 0 spiro atoms. The lowest BCUT2D eigenvalue weighted by Crippen LogP contribution is -2.26. The van der Waals surface area contributed by atoms with Crippen molar-refractivity contribution in [1.29, 1.82) is 0 Å². The van der Waals surface area contributed by atoms with Gasteiger partial charge in [0.05, 0.1) is 6.42 Å². The minimum absolute atomic E-state index is 0.253. The van der Waals surface area contributed by atoms with Crippen LogP contribution in [-0.2, 0) is 4.79 Å². The molecular weight excluding hydrogens is 323 g/mol. The third kappa shape index (κ3) is 2.88. The van der Waals surface area contributed by atoms with Gasteiger partial charge in [0.15, 0.2) is 7.79 Å². The van der Waals surface area contributed by atoms with Crippen LogP contribution in [-0.4, -0.2) is 29.1 Å². The molecule has 2 aromatic rings. The van der Waals surface area contributed by atoms with Gasteiger partial charge < -0.3 is 19.3 Å². The van der Waals surface area contributed by atoms with Crippen molar-refractivity contribution in [3.05, 3.63) is 72.6 Å². The van der Waals surface area contributed by atoms with Gasteiger partial charge >= 0.3 is 5.97 Å². The molecule has 0 amide bonds. The smallest absolute Gasteiger partial charge is 0.308 e. The number of para-hydroxylation sites is 2. The van der Waals surface area contributed by atoms with Crippen LogP contribution in [0.25, 0.3) is 0 Å². The second kappa shape index (κ2) is 6.63. The molecular formula is C18H20N2O3P. The lowest BCUT2D eigenvalue weighted by Gasteiger charge is -2.43. The zero-order chi connectivity index (χ0) is 17.2. The number of benzene rings is 2. The van der Waals surface area contributed by atoms with Gasteiger partial charge in [-0.1, -0.05) is 43.0 Å². The van der Waals surface area contributed by atoms with Crippen molar-refractivity contribution >= 4 is 25.1 Å². The van der Waals surface area contributed by atoms with Gasteiger partial charge in [0.1, 0.15) is 0 Å². The molecule has 0 atom stereocenters. The van der Waals surface area contributed by atoms with E-state index < -0.39 is 13.8 Å². The maximum absolute atomic E-state index is 11.6. The van der Waals surface area contributed by atoms with Gasteiger partial charge in [-0.2, -0.15) is 0 Å². The molecule has 1 heterocycles. The number of anilines is 2. The highest BCUT2D eigenvalue weighted by Gasteiger charge is 2.47. The van der Waals surface area contributed by atoms with Crippen LogP contribution < -0.4 is 9.34 Å². The maximum Gasteiger partial charge on any atom is 0.308 e. The van der Waals surface area contributed by atoms with E-state index in [1.54, 1.807) is 0 Å². The number of nitrogens with zero attached hydrogens (tertiary/aromatic N) is 2. The second-order valence-electron chi connectivity index (χ2n) is 5.62. The molecule has 2 N–H and O–H groups in total. The lowest BCUT2D eigenvalue weighted by atomic mass is 10.3. The van der Waals surface area contributed by atoms with Crippen LogP contribution in [0.5, 0.6) is 0 Å². The Hall–Kier alpha value is -2.36. The Balaban J connectivity index is 2.05. The summed E-state index contributed by atoms with van der Waals surface area (Å²) in [7, 11) is -3.04. The minimum atomic E-state index is -3.04. The monoisotopic (exact) mass is 343 g/mol. The number of hydrogen-bond donors (Lipinski definition) is 2. The van der Waals surface area contributed by atoms with E-state index in [1.807, 2.05) is 70.0 Å². The highest BCUT2D eigenvalue weighted by molar-refractivity contribution is 7.77. The fourth-order valence-corrected chi connectivity index (χ4v) is 5.94. The lowest BCUT2D eigenvalue weighted by molar-refractivity contribution is -0.136. The first-order chi connectivity index (χ1) is 11.5. The number of aliphatic carboxylic acids is 1. The normalized spacial score (nSPS) is 16.2. The molecule has 1 aliphatic rings. The summed E-state index contributed by atoms with van der Waals surface area (Å²) in [6.07, 6.45) is -0.253. The standard InChI is InChI=1S/C18H20N2O3P/c1-15(14-18(21)22)24(23)19(16-8-4-2-5-9-16)12-13-20(24)17-10-6-3-7-11-17/h2-11,23H,1,12-14H2,(H,21,22). The van der Waals surface area contributed by atoms with Gasteiger partial charge in [0, 0.05) is 29.8 Å². The minimum Gasteiger partial charge on any atom is -0.481 e. The van der Waals surface area contributed by atoms with E-state index in [0.717, 1.165) is 11.4 Å². The Morgan fingerprint density at radius 1 is 0.958 bits per heavy atom. The Morgan fingerprint density at radius 3 is 1.75 bits per heavy atom. The zero-order valence-corrected chi connectivity index (χ0v) is 14.1. The predicted molar refractivity (Wildman–Crippen MR) is 98.1 cm³/mol. The molecule has 0 bridgehead atoms. The van der Waals surface area contributed by atoms with Crippen molar-refractivity contribution in [3.63, 3.8) is 0 Å². The van der Waals surface area contributed by atoms with Crippen LogP contribution in [0.1, 0.15) is 6.42 Å². The molecule has 0 saturated carbocycles. The Bertz CT molecular complexity index is 689. The van der Waals surface area contributed by atoms with Crippen LogP contribution in [0.3, 0.4) is 0 Å². The topological polar surface area (TPSA) is 64.0 Å². The van der Waals surface area contributed by atoms with Gasteiger partial charge in [0.25, 0.3) is 0 Å². The van der Waals surface area contributed by atoms with Crippen LogP contribution in [0.15, 0.2) is 72.6 Å². The van der Waals surface area contributed by atoms with Crippen LogP contribution in [0.2, 0.25) is 0 Å². The van der Waals surface area contributed by atoms with Gasteiger partial charge in [-0.15, -0.1) is 0 Å². The summed E-state index contributed by atoms with van der Waals surface area (Å²) in [5.74, 6) is -0.985. The van der Waals surface area contributed by atoms with Crippen molar-refractivity contribution in [2.24, 2.45) is 0 Å². The number of hydrogen-bond acceptors (Lipinski definition) is 4. The molecule has 1 fully saturated rings. The molecule has 5 nitrogen and oxygen atoms in total. The summed E-state index contributed by atoms with van der Waals surface area (Å²) < 4.78 is 3.82. The SMILES string of the molecule is C=C(CC(=O)O)[P]1(O)N(c2ccccc2)CCN1c1ccccc1. The van der Waals surface area contributed by atoms with E-state index in [0.29, 0.717) is 18.4 Å². The van der Waals surface area contributed by atoms with Crippen molar-refractivity contribution in [1.82, 2.24) is 0 Å². The maximum atomic E-state index is 11.6. The fourth-order valence-electron chi connectivity index (χ4n) is 3.00. The summed E-state index contributed by atoms with van der Waals surface area (Å²) >= 11 is 0. The molecule has 6 heteroatoms. The summed E-state index contributed by atoms with van der Waals surface area (Å²) in [4.78, 5) is 22.8. The van der Waals surface area contributed by atoms with Crippen LogP contribution in [0.4, 0.5) is 11.4 Å². The van der Waals surface area contributed by atoms with E-state index in [1.165, 1.54) is 0 Å². The Morgan fingerprint density at radius 2 is 1.38 bits per heavy atom. The summed E-state index contributed by atoms with van der Waals surface area (Å²) in [6, 6.07) is 19.2. The Kier molecular flexibility index (Phi) is 4.56. The first kappa shape index (κ1) is 16.5. The third-order valence-electron chi connectivity index (χ3n) is 4.08. The van der Waals surface area contributed by atoms with Crippen molar-refractivity contribution in [2.45, 2.75) is 6.42 Å². The zero-order valence-electron chi connectivity index (χ0n) is 13.2. The molecule has 3 rings (SSSR count). The third-order valence-corrected chi connectivity index (χ3v) is 7.30. The van der Waals surface area contributed by atoms with Crippen molar-refractivity contribution in [3.8, 4) is 0 Å². The molecule has 24 heavy (non-hydrogen) atoms. The largest absolute Gasteiger partial charge is 0.481 e. The quantitative estimate of drug-likeness (QED) is 0.810. The van der Waals surface area contributed by atoms with Crippen molar-refractivity contribution in [2.75, 3.05) is 22.4 Å². The predicted octanol–water partition coefficient (Wildman–Crippen LogP) is 3.76. The Labute approximate surface area is 142 Å². The molecule has 125 valence electrons. The summed E-state index contributed by atoms with van der Waals surface area (Å²) in [5.41, 5.74) is 1.75. The second-order valence-corrected chi connectivity index (χ2v) is 8.36. The fraction of sp³-hybridized carbons (Fsp3) is 0.167. The first-order valence-corrected chi connectivity index (χ1v) is 9.36. The van der Waals surface area contributed by atoms with E-state index in [2.05, 4.69) is 6.58 Å². The van der Waals surface area contributed by atoms with Gasteiger partial charge in [0.2, 0.25) is 0 Å². The van der Waals surface area contributed by atoms with E-state index in [-0.39, 0.29) is 6.42 Å². The average molecular weight is 343 g/mol. The number of rotatable bonds is 5. The molecule has 0 aliphatic carbocycles. The molecule has 0 unspecified atom stereocenters. The van der Waals surface area contributed by atoms with E-state index in [4.69, 9.17) is 0 Å². The number of carboxylic acids is 1. The highest BCUT2D eigenvalue weighted by atomic mass is 31.2. The average Bonchev–Trinajstić information content (AvgIpc) is 2.94. The molecule has 1 saturated heterocycles. The van der Waals surface area contributed by atoms with Crippen LogP contribution in [0, 0.1) is 0 Å². The first-order valence-electron chi connectivity index (χ1n) is 7.71. The van der Waals surface area contributed by atoms with Gasteiger partial charge in [-0.05, 0) is 24.3 Å². The summed E-state index contributed by atoms with van der Waals surface area (Å²) in [5, 5.41) is 9.53. The molecule has 2 aromatic carbocycles. The number of carboxylic acid groups (broad SMARTS) is 1. The highest BCUT2D eigenvalue weighted by Crippen LogP contribution is 2.72. The van der Waals surface area contributed by atoms with E-state index >= 15 is 0 Å².